The lowest BCUT2D eigenvalue weighted by atomic mass is 9.81. The van der Waals surface area contributed by atoms with E-state index in [1.165, 1.54) is 0 Å². The first-order valence-electron chi connectivity index (χ1n) is 14.2. The van der Waals surface area contributed by atoms with Crippen LogP contribution in [0.1, 0.15) is 64.7 Å². The van der Waals surface area contributed by atoms with E-state index in [0.29, 0.717) is 24.5 Å². The summed E-state index contributed by atoms with van der Waals surface area (Å²) < 4.78 is 5.77. The number of rotatable bonds is 14. The summed E-state index contributed by atoms with van der Waals surface area (Å²) in [5.41, 5.74) is 14.0. The van der Waals surface area contributed by atoms with Crippen molar-refractivity contribution in [1.29, 1.82) is 0 Å². The molecule has 226 valence electrons. The number of ether oxygens (including phenoxy) is 1. The SMILES string of the molecule is CCCOC1CN[C@@H](C(=O)N(C(=O)[C@@H]2C[C@@H]3CCCC[C@H]3N2)[C@@](CCCN=C(N)N)(C(=O)O)C(=O)[C@@H](N)CO)C1. The lowest BCUT2D eigenvalue weighted by Gasteiger charge is -2.41. The zero-order valence-corrected chi connectivity index (χ0v) is 23.2. The maximum absolute atomic E-state index is 14.2. The Bertz CT molecular complexity index is 946. The Hall–Kier alpha value is -2.65. The number of hydrogen-bond donors (Lipinski definition) is 7. The molecule has 7 atom stereocenters. The van der Waals surface area contributed by atoms with Crippen LogP contribution in [0.3, 0.4) is 0 Å². The normalized spacial score (nSPS) is 28.2. The van der Waals surface area contributed by atoms with Crippen LogP contribution in [0.15, 0.2) is 4.99 Å². The summed E-state index contributed by atoms with van der Waals surface area (Å²) in [5, 5.41) is 26.7. The number of Topliss-reactive ketones (excluding diaryl/α,β-unsaturated/α-hetero) is 1. The molecule has 14 nitrogen and oxygen atoms in total. The van der Waals surface area contributed by atoms with Crippen molar-refractivity contribution in [2.24, 2.45) is 28.1 Å². The van der Waals surface area contributed by atoms with Crippen LogP contribution >= 0.6 is 0 Å². The average molecular weight is 568 g/mol. The molecule has 0 bridgehead atoms. The summed E-state index contributed by atoms with van der Waals surface area (Å²) >= 11 is 0. The zero-order valence-electron chi connectivity index (χ0n) is 23.2. The summed E-state index contributed by atoms with van der Waals surface area (Å²) in [6.07, 6.45) is 4.41. The number of amides is 2. The minimum Gasteiger partial charge on any atom is -0.479 e. The topological polar surface area (TPSA) is 236 Å². The molecule has 14 heteroatoms. The number of nitrogens with zero attached hydrogens (tertiary/aromatic N) is 2. The highest BCUT2D eigenvalue weighted by Crippen LogP contribution is 2.36. The molecule has 2 saturated heterocycles. The van der Waals surface area contributed by atoms with E-state index < -0.39 is 60.3 Å². The van der Waals surface area contributed by atoms with Crippen molar-refractivity contribution < 1.29 is 34.1 Å². The Morgan fingerprint density at radius 2 is 1.82 bits per heavy atom. The molecular weight excluding hydrogens is 522 g/mol. The smallest absolute Gasteiger partial charge is 0.338 e. The number of fused-ring (bicyclic) bond motifs is 1. The number of guanidine groups is 1. The van der Waals surface area contributed by atoms with Crippen molar-refractivity contribution >= 4 is 29.5 Å². The number of carboxylic acid groups (broad SMARTS) is 1. The van der Waals surface area contributed by atoms with Gasteiger partial charge in [-0.3, -0.25) is 24.3 Å². The third-order valence-electron chi connectivity index (χ3n) is 8.22. The molecule has 0 aromatic carbocycles. The summed E-state index contributed by atoms with van der Waals surface area (Å²) in [5.74, 6) is -4.49. The lowest BCUT2D eigenvalue weighted by Crippen LogP contribution is -2.71. The van der Waals surface area contributed by atoms with E-state index in [-0.39, 0.29) is 43.4 Å². The highest BCUT2D eigenvalue weighted by Gasteiger charge is 2.59. The molecule has 3 fully saturated rings. The summed E-state index contributed by atoms with van der Waals surface area (Å²) in [7, 11) is 0. The van der Waals surface area contributed by atoms with Crippen molar-refractivity contribution in [3.63, 3.8) is 0 Å². The first kappa shape index (κ1) is 31.9. The molecule has 1 saturated carbocycles. The molecule has 2 aliphatic heterocycles. The van der Waals surface area contributed by atoms with Crippen molar-refractivity contribution in [3.8, 4) is 0 Å². The number of aliphatic hydroxyl groups is 1. The maximum atomic E-state index is 14.2. The van der Waals surface area contributed by atoms with Gasteiger partial charge in [0, 0.05) is 25.7 Å². The van der Waals surface area contributed by atoms with Gasteiger partial charge in [0.15, 0.2) is 11.7 Å². The summed E-state index contributed by atoms with van der Waals surface area (Å²) in [4.78, 5) is 59.7. The van der Waals surface area contributed by atoms with E-state index in [9.17, 15) is 29.4 Å². The Morgan fingerprint density at radius 3 is 2.45 bits per heavy atom. The second-order valence-electron chi connectivity index (χ2n) is 11.0. The highest BCUT2D eigenvalue weighted by molar-refractivity contribution is 6.17. The predicted octanol–water partition coefficient (Wildman–Crippen LogP) is -1.81. The monoisotopic (exact) mass is 567 g/mol. The van der Waals surface area contributed by atoms with E-state index >= 15 is 0 Å². The van der Waals surface area contributed by atoms with Gasteiger partial charge in [-0.2, -0.15) is 0 Å². The van der Waals surface area contributed by atoms with Crippen LogP contribution in [0, 0.1) is 5.92 Å². The molecule has 3 rings (SSSR count). The minimum atomic E-state index is -2.67. The van der Waals surface area contributed by atoms with E-state index in [2.05, 4.69) is 15.6 Å². The van der Waals surface area contributed by atoms with Gasteiger partial charge in [0.1, 0.15) is 0 Å². The summed E-state index contributed by atoms with van der Waals surface area (Å²) in [6, 6.07) is -3.37. The average Bonchev–Trinajstić information content (AvgIpc) is 3.59. The predicted molar refractivity (Wildman–Crippen MR) is 146 cm³/mol. The minimum absolute atomic E-state index is 0.0460. The molecule has 0 aromatic rings. The van der Waals surface area contributed by atoms with E-state index in [1.54, 1.807) is 0 Å². The van der Waals surface area contributed by atoms with Gasteiger partial charge in [-0.25, -0.2) is 4.79 Å². The third-order valence-corrected chi connectivity index (χ3v) is 8.22. The van der Waals surface area contributed by atoms with Crippen LogP contribution in [0.2, 0.25) is 0 Å². The quantitative estimate of drug-likeness (QED) is 0.0404. The van der Waals surface area contributed by atoms with Crippen LogP contribution in [-0.4, -0.2) is 107 Å². The van der Waals surface area contributed by atoms with Gasteiger partial charge in [0.05, 0.1) is 30.8 Å². The molecular formula is C26H45N7O7. The Balaban J connectivity index is 2.04. The molecule has 2 heterocycles. The van der Waals surface area contributed by atoms with Gasteiger partial charge < -0.3 is 42.8 Å². The van der Waals surface area contributed by atoms with Crippen LogP contribution in [0.5, 0.6) is 0 Å². The van der Waals surface area contributed by atoms with Gasteiger partial charge >= 0.3 is 5.97 Å². The Morgan fingerprint density at radius 1 is 1.12 bits per heavy atom. The van der Waals surface area contributed by atoms with Gasteiger partial charge in [0.2, 0.25) is 17.4 Å². The van der Waals surface area contributed by atoms with Crippen molar-refractivity contribution in [3.05, 3.63) is 0 Å². The third kappa shape index (κ3) is 6.97. The maximum Gasteiger partial charge on any atom is 0.338 e. The van der Waals surface area contributed by atoms with Crippen molar-refractivity contribution in [1.82, 2.24) is 15.5 Å². The van der Waals surface area contributed by atoms with Crippen molar-refractivity contribution in [2.75, 3.05) is 26.3 Å². The second-order valence-corrected chi connectivity index (χ2v) is 11.0. The molecule has 0 aromatic heterocycles. The van der Waals surface area contributed by atoms with Gasteiger partial charge in [-0.1, -0.05) is 19.8 Å². The number of aliphatic carboxylic acids is 1. The van der Waals surface area contributed by atoms with Crippen LogP contribution < -0.4 is 27.8 Å². The molecule has 40 heavy (non-hydrogen) atoms. The first-order valence-corrected chi connectivity index (χ1v) is 14.2. The van der Waals surface area contributed by atoms with E-state index in [4.69, 9.17) is 21.9 Å². The van der Waals surface area contributed by atoms with E-state index in [1.807, 2.05) is 6.92 Å². The Labute approximate surface area is 234 Å². The number of aliphatic imine (C=N–C) groups is 1. The first-order chi connectivity index (χ1) is 19.1. The fourth-order valence-electron chi connectivity index (χ4n) is 6.20. The van der Waals surface area contributed by atoms with Crippen LogP contribution in [0.4, 0.5) is 0 Å². The lowest BCUT2D eigenvalue weighted by molar-refractivity contribution is -0.173. The zero-order chi connectivity index (χ0) is 29.4. The molecule has 0 spiro atoms. The Kier molecular flexibility index (Phi) is 11.4. The fourth-order valence-corrected chi connectivity index (χ4v) is 6.20. The van der Waals surface area contributed by atoms with Crippen molar-refractivity contribution in [2.45, 2.75) is 101 Å². The number of ketones is 1. The number of aliphatic hydroxyl groups excluding tert-OH is 1. The van der Waals surface area contributed by atoms with Gasteiger partial charge in [0.25, 0.3) is 0 Å². The summed E-state index contributed by atoms with van der Waals surface area (Å²) in [6.45, 7) is 1.86. The van der Waals surface area contributed by atoms with Crippen LogP contribution in [-0.2, 0) is 23.9 Å². The largest absolute Gasteiger partial charge is 0.479 e. The molecule has 10 N–H and O–H groups in total. The number of nitrogens with one attached hydrogen (secondary N) is 2. The number of hydrogen-bond acceptors (Lipinski definition) is 10. The number of carbonyl (C=O) groups excluding carboxylic acids is 3. The molecule has 3 aliphatic rings. The highest BCUT2D eigenvalue weighted by atomic mass is 16.5. The van der Waals surface area contributed by atoms with Gasteiger partial charge in [-0.05, 0) is 50.9 Å². The number of imide groups is 1. The fraction of sp³-hybridized carbons (Fsp3) is 0.808. The second kappa shape index (κ2) is 14.3. The van der Waals surface area contributed by atoms with Crippen LogP contribution in [0.25, 0.3) is 0 Å². The standard InChI is InChI=1S/C26H45N7O7/c1-2-10-40-16-12-19(31-13-16)22(36)33(23(37)20-11-15-6-3-4-7-18(15)32-20)26(24(38)39,21(35)17(27)14-34)8-5-9-30-25(28)29/h15-20,31-32,34H,2-14,27H2,1H3,(H,38,39)(H4,28,29,30)/t15-,16?,17-,18+,19+,20-,26+/m0/s1. The van der Waals surface area contributed by atoms with E-state index in [0.717, 1.165) is 32.1 Å². The number of nitrogens with two attached hydrogens (primary N) is 3. The van der Waals surface area contributed by atoms with Gasteiger partial charge in [-0.15, -0.1) is 0 Å². The number of carbonyl (C=O) groups is 4. The number of carboxylic acids is 1. The molecule has 1 unspecified atom stereocenters. The molecule has 1 aliphatic carbocycles. The molecule has 2 amide bonds. The molecule has 0 radical (unpaired) electrons.